The van der Waals surface area contributed by atoms with Crippen molar-refractivity contribution in [2.45, 2.75) is 45.6 Å². The minimum atomic E-state index is -3.29. The average Bonchev–Trinajstić information content (AvgIpc) is 2.13. The third kappa shape index (κ3) is 5.27. The molecule has 4 nitrogen and oxygen atoms in total. The van der Waals surface area contributed by atoms with Gasteiger partial charge in [-0.25, -0.2) is 13.6 Å². The molecule has 1 aliphatic rings. The van der Waals surface area contributed by atoms with Crippen LogP contribution in [0.25, 0.3) is 0 Å². The molecule has 1 rings (SSSR count). The van der Waals surface area contributed by atoms with E-state index in [1.807, 2.05) is 0 Å². The van der Waals surface area contributed by atoms with Crippen LogP contribution in [0.5, 0.6) is 0 Å². The first-order valence-corrected chi connectivity index (χ1v) is 7.84. The maximum atomic E-state index is 10.7. The van der Waals surface area contributed by atoms with Gasteiger partial charge in [0.25, 0.3) is 0 Å². The Morgan fingerprint density at radius 3 is 2.56 bits per heavy atom. The number of primary sulfonamides is 1. The fourth-order valence-corrected chi connectivity index (χ4v) is 3.08. The van der Waals surface area contributed by atoms with Crippen molar-refractivity contribution >= 4 is 10.0 Å². The van der Waals surface area contributed by atoms with Crippen LogP contribution in [0.1, 0.15) is 39.5 Å². The van der Waals surface area contributed by atoms with Gasteiger partial charge in [-0.3, -0.25) is 0 Å². The standard InChI is InChI=1S/C11H24N2O2S/c1-9-4-5-11(10(2)8-9)13-6-3-7-16(12,14)15/h9-11,13H,3-8H2,1-2H3,(H2,12,14,15). The first kappa shape index (κ1) is 13.9. The van der Waals surface area contributed by atoms with Crippen molar-refractivity contribution in [2.24, 2.45) is 17.0 Å². The molecular weight excluding hydrogens is 224 g/mol. The fraction of sp³-hybridized carbons (Fsp3) is 1.00. The lowest BCUT2D eigenvalue weighted by Gasteiger charge is -2.33. The number of sulfonamides is 1. The van der Waals surface area contributed by atoms with E-state index < -0.39 is 10.0 Å². The van der Waals surface area contributed by atoms with Crippen molar-refractivity contribution in [3.63, 3.8) is 0 Å². The second-order valence-electron chi connectivity index (χ2n) is 5.18. The average molecular weight is 248 g/mol. The molecule has 3 unspecified atom stereocenters. The molecule has 1 aliphatic carbocycles. The Hall–Kier alpha value is -0.130. The summed E-state index contributed by atoms with van der Waals surface area (Å²) in [5.74, 6) is 1.60. The zero-order valence-electron chi connectivity index (χ0n) is 10.3. The molecule has 0 heterocycles. The van der Waals surface area contributed by atoms with Gasteiger partial charge >= 0.3 is 0 Å². The summed E-state index contributed by atoms with van der Waals surface area (Å²) in [6.07, 6.45) is 4.36. The van der Waals surface area contributed by atoms with Crippen molar-refractivity contribution in [1.82, 2.24) is 5.32 Å². The van der Waals surface area contributed by atoms with Crippen molar-refractivity contribution in [1.29, 1.82) is 0 Å². The summed E-state index contributed by atoms with van der Waals surface area (Å²) in [5.41, 5.74) is 0. The topological polar surface area (TPSA) is 72.2 Å². The van der Waals surface area contributed by atoms with Crippen molar-refractivity contribution in [2.75, 3.05) is 12.3 Å². The van der Waals surface area contributed by atoms with Crippen molar-refractivity contribution in [3.05, 3.63) is 0 Å². The smallest absolute Gasteiger partial charge is 0.209 e. The Morgan fingerprint density at radius 2 is 2.00 bits per heavy atom. The fourth-order valence-electron chi connectivity index (χ4n) is 2.53. The van der Waals surface area contributed by atoms with Crippen LogP contribution >= 0.6 is 0 Å². The van der Waals surface area contributed by atoms with Gasteiger partial charge in [-0.2, -0.15) is 0 Å². The molecule has 5 heteroatoms. The largest absolute Gasteiger partial charge is 0.314 e. The number of hydrogen-bond donors (Lipinski definition) is 2. The van der Waals surface area contributed by atoms with Crippen LogP contribution < -0.4 is 10.5 Å². The quantitative estimate of drug-likeness (QED) is 0.715. The molecule has 0 aromatic carbocycles. The molecule has 0 bridgehead atoms. The number of hydrogen-bond acceptors (Lipinski definition) is 3. The predicted molar refractivity (Wildman–Crippen MR) is 66.6 cm³/mol. The first-order valence-electron chi connectivity index (χ1n) is 6.12. The monoisotopic (exact) mass is 248 g/mol. The highest BCUT2D eigenvalue weighted by atomic mass is 32.2. The van der Waals surface area contributed by atoms with E-state index in [-0.39, 0.29) is 5.75 Å². The molecule has 0 spiro atoms. The summed E-state index contributed by atoms with van der Waals surface area (Å²) in [7, 11) is -3.29. The molecule has 0 amide bonds. The number of nitrogens with one attached hydrogen (secondary N) is 1. The van der Waals surface area contributed by atoms with E-state index in [1.54, 1.807) is 0 Å². The summed E-state index contributed by atoms with van der Waals surface area (Å²) in [6.45, 7) is 5.32. The molecule has 3 atom stereocenters. The molecular formula is C11H24N2O2S. The molecule has 16 heavy (non-hydrogen) atoms. The highest BCUT2D eigenvalue weighted by molar-refractivity contribution is 7.89. The van der Waals surface area contributed by atoms with Crippen LogP contribution in [-0.4, -0.2) is 26.8 Å². The van der Waals surface area contributed by atoms with Crippen LogP contribution in [0.15, 0.2) is 0 Å². The lowest BCUT2D eigenvalue weighted by molar-refractivity contribution is 0.229. The summed E-state index contributed by atoms with van der Waals surface area (Å²) < 4.78 is 21.5. The van der Waals surface area contributed by atoms with Gasteiger partial charge in [0.1, 0.15) is 0 Å². The Morgan fingerprint density at radius 1 is 1.31 bits per heavy atom. The van der Waals surface area contributed by atoms with Crippen LogP contribution in [-0.2, 0) is 10.0 Å². The highest BCUT2D eigenvalue weighted by Gasteiger charge is 2.24. The van der Waals surface area contributed by atoms with Crippen LogP contribution in [0.3, 0.4) is 0 Å². The van der Waals surface area contributed by atoms with Gasteiger partial charge in [0, 0.05) is 6.04 Å². The van der Waals surface area contributed by atoms with Crippen LogP contribution in [0.2, 0.25) is 0 Å². The van der Waals surface area contributed by atoms with Gasteiger partial charge in [0.2, 0.25) is 10.0 Å². The molecule has 0 saturated heterocycles. The van der Waals surface area contributed by atoms with E-state index >= 15 is 0 Å². The van der Waals surface area contributed by atoms with Crippen LogP contribution in [0.4, 0.5) is 0 Å². The first-order chi connectivity index (χ1) is 7.38. The molecule has 96 valence electrons. The van der Waals surface area contributed by atoms with Gasteiger partial charge in [0.05, 0.1) is 5.75 Å². The summed E-state index contributed by atoms with van der Waals surface area (Å²) in [4.78, 5) is 0. The Bertz CT molecular complexity index is 303. The number of nitrogens with two attached hydrogens (primary N) is 1. The summed E-state index contributed by atoms with van der Waals surface area (Å²) in [6, 6.07) is 0.552. The zero-order valence-corrected chi connectivity index (χ0v) is 11.1. The molecule has 3 N–H and O–H groups in total. The molecule has 0 aromatic heterocycles. The second kappa shape index (κ2) is 5.98. The van der Waals surface area contributed by atoms with E-state index in [1.165, 1.54) is 19.3 Å². The van der Waals surface area contributed by atoms with Crippen molar-refractivity contribution < 1.29 is 8.42 Å². The summed E-state index contributed by atoms with van der Waals surface area (Å²) >= 11 is 0. The van der Waals surface area contributed by atoms with Gasteiger partial charge < -0.3 is 5.32 Å². The Balaban J connectivity index is 2.18. The zero-order chi connectivity index (χ0) is 12.2. The molecule has 1 saturated carbocycles. The van der Waals surface area contributed by atoms with Gasteiger partial charge in [-0.15, -0.1) is 0 Å². The van der Waals surface area contributed by atoms with Gasteiger partial charge in [0.15, 0.2) is 0 Å². The van der Waals surface area contributed by atoms with Crippen molar-refractivity contribution in [3.8, 4) is 0 Å². The third-order valence-corrected chi connectivity index (χ3v) is 4.30. The minimum Gasteiger partial charge on any atom is -0.314 e. The van der Waals surface area contributed by atoms with E-state index in [0.717, 1.165) is 12.5 Å². The normalized spacial score (nSPS) is 31.6. The van der Waals surface area contributed by atoms with Gasteiger partial charge in [-0.1, -0.05) is 13.8 Å². The Labute approximate surface area is 99.0 Å². The Kier molecular flexibility index (Phi) is 5.21. The van der Waals surface area contributed by atoms with E-state index in [0.29, 0.717) is 18.4 Å². The molecule has 1 fully saturated rings. The minimum absolute atomic E-state index is 0.0809. The molecule has 0 aliphatic heterocycles. The second-order valence-corrected chi connectivity index (χ2v) is 6.91. The molecule has 0 radical (unpaired) electrons. The lowest BCUT2D eigenvalue weighted by Crippen LogP contribution is -2.40. The predicted octanol–water partition coefficient (Wildman–Crippen LogP) is 1.08. The van der Waals surface area contributed by atoms with E-state index in [2.05, 4.69) is 19.2 Å². The van der Waals surface area contributed by atoms with Gasteiger partial charge in [-0.05, 0) is 44.1 Å². The third-order valence-electron chi connectivity index (χ3n) is 3.44. The van der Waals surface area contributed by atoms with E-state index in [9.17, 15) is 8.42 Å². The number of rotatable bonds is 5. The summed E-state index contributed by atoms with van der Waals surface area (Å²) in [5, 5.41) is 8.39. The molecule has 0 aromatic rings. The lowest BCUT2D eigenvalue weighted by atomic mass is 9.80. The maximum Gasteiger partial charge on any atom is 0.209 e. The van der Waals surface area contributed by atoms with E-state index in [4.69, 9.17) is 5.14 Å². The highest BCUT2D eigenvalue weighted by Crippen LogP contribution is 2.28. The maximum absolute atomic E-state index is 10.7. The van der Waals surface area contributed by atoms with Crippen LogP contribution in [0, 0.1) is 11.8 Å². The SMILES string of the molecule is CC1CCC(NCCCS(N)(=O)=O)C(C)C1.